The summed E-state index contributed by atoms with van der Waals surface area (Å²) in [6.45, 7) is 7.10. The van der Waals surface area contributed by atoms with Crippen LogP contribution in [-0.4, -0.2) is 11.6 Å². The molecule has 0 spiro atoms. The molecule has 0 aliphatic heterocycles. The van der Waals surface area contributed by atoms with E-state index in [9.17, 15) is 0 Å². The third-order valence-electron chi connectivity index (χ3n) is 2.33. The summed E-state index contributed by atoms with van der Waals surface area (Å²) in [5.74, 6) is 1.34. The van der Waals surface area contributed by atoms with E-state index in [-0.39, 0.29) is 0 Å². The van der Waals surface area contributed by atoms with E-state index in [1.165, 1.54) is 18.4 Å². The van der Waals surface area contributed by atoms with Gasteiger partial charge in [-0.2, -0.15) is 0 Å². The first-order valence-corrected chi connectivity index (χ1v) is 5.37. The first-order valence-electron chi connectivity index (χ1n) is 5.37. The molecule has 0 aliphatic rings. The van der Waals surface area contributed by atoms with Crippen molar-refractivity contribution in [2.45, 2.75) is 39.5 Å². The summed E-state index contributed by atoms with van der Waals surface area (Å²) in [4.78, 5) is 4.25. The maximum Gasteiger partial charge on any atom is 0.216 e. The molecule has 0 saturated carbocycles. The van der Waals surface area contributed by atoms with Gasteiger partial charge in [-0.3, -0.25) is 0 Å². The van der Waals surface area contributed by atoms with Crippen molar-refractivity contribution in [1.29, 1.82) is 0 Å². The molecule has 2 nitrogen and oxygen atoms in total. The molecule has 0 radical (unpaired) electrons. The third-order valence-corrected chi connectivity index (χ3v) is 2.33. The molecule has 0 N–H and O–H groups in total. The molecule has 1 unspecified atom stereocenters. The molecule has 1 aromatic rings. The topological polar surface area (TPSA) is 22.1 Å². The van der Waals surface area contributed by atoms with E-state index in [4.69, 9.17) is 4.74 Å². The highest BCUT2D eigenvalue weighted by Crippen LogP contribution is 2.27. The van der Waals surface area contributed by atoms with E-state index < -0.39 is 0 Å². The quantitative estimate of drug-likeness (QED) is 0.715. The van der Waals surface area contributed by atoms with E-state index >= 15 is 0 Å². The van der Waals surface area contributed by atoms with Crippen LogP contribution in [-0.2, 0) is 0 Å². The van der Waals surface area contributed by atoms with E-state index in [1.807, 2.05) is 13.0 Å². The standard InChI is InChI=1S/C12H19NO/c1-4-7-10(3)11-8-6-9-13-12(11)14-5-2/h6,8-10H,4-5,7H2,1-3H3. The van der Waals surface area contributed by atoms with Crippen LogP contribution in [0.25, 0.3) is 0 Å². The summed E-state index contributed by atoms with van der Waals surface area (Å²) in [5.41, 5.74) is 1.23. The number of nitrogens with zero attached hydrogens (tertiary/aromatic N) is 1. The second kappa shape index (κ2) is 5.63. The van der Waals surface area contributed by atoms with Crippen molar-refractivity contribution in [2.24, 2.45) is 0 Å². The fourth-order valence-electron chi connectivity index (χ4n) is 1.62. The van der Waals surface area contributed by atoms with Crippen LogP contribution in [0.1, 0.15) is 45.1 Å². The molecule has 0 fully saturated rings. The van der Waals surface area contributed by atoms with E-state index in [2.05, 4.69) is 24.9 Å². The van der Waals surface area contributed by atoms with Gasteiger partial charge in [-0.15, -0.1) is 0 Å². The average molecular weight is 193 g/mol. The van der Waals surface area contributed by atoms with Gasteiger partial charge in [-0.05, 0) is 25.3 Å². The summed E-state index contributed by atoms with van der Waals surface area (Å²) < 4.78 is 5.49. The number of pyridine rings is 1. The zero-order valence-corrected chi connectivity index (χ0v) is 9.29. The summed E-state index contributed by atoms with van der Waals surface area (Å²) in [5, 5.41) is 0. The highest BCUT2D eigenvalue weighted by molar-refractivity contribution is 5.28. The molecule has 0 aromatic carbocycles. The van der Waals surface area contributed by atoms with Crippen LogP contribution in [0.4, 0.5) is 0 Å². The number of hydrogen-bond acceptors (Lipinski definition) is 2. The van der Waals surface area contributed by atoms with Crippen LogP contribution in [0.3, 0.4) is 0 Å². The molecule has 1 atom stereocenters. The Hall–Kier alpha value is -1.05. The van der Waals surface area contributed by atoms with Crippen LogP contribution in [0, 0.1) is 0 Å². The molecule has 0 saturated heterocycles. The predicted octanol–water partition coefficient (Wildman–Crippen LogP) is 3.38. The van der Waals surface area contributed by atoms with Gasteiger partial charge in [0.15, 0.2) is 0 Å². The van der Waals surface area contributed by atoms with Crippen LogP contribution in [0.15, 0.2) is 18.3 Å². The molecule has 78 valence electrons. The lowest BCUT2D eigenvalue weighted by Gasteiger charge is -2.14. The van der Waals surface area contributed by atoms with Crippen molar-refractivity contribution in [2.75, 3.05) is 6.61 Å². The molecule has 0 aliphatic carbocycles. The van der Waals surface area contributed by atoms with Gasteiger partial charge >= 0.3 is 0 Å². The monoisotopic (exact) mass is 193 g/mol. The van der Waals surface area contributed by atoms with Gasteiger partial charge < -0.3 is 4.74 Å². The van der Waals surface area contributed by atoms with Crippen molar-refractivity contribution in [3.63, 3.8) is 0 Å². The van der Waals surface area contributed by atoms with E-state index in [0.717, 1.165) is 5.88 Å². The molecular weight excluding hydrogens is 174 g/mol. The van der Waals surface area contributed by atoms with Gasteiger partial charge in [0.05, 0.1) is 6.61 Å². The van der Waals surface area contributed by atoms with Gasteiger partial charge in [0.1, 0.15) is 0 Å². The minimum absolute atomic E-state index is 0.537. The Bertz CT molecular complexity index is 273. The third kappa shape index (κ3) is 2.72. The molecule has 1 rings (SSSR count). The number of aromatic nitrogens is 1. The molecule has 0 amide bonds. The molecule has 0 bridgehead atoms. The maximum absolute atomic E-state index is 5.49. The lowest BCUT2D eigenvalue weighted by Crippen LogP contribution is -2.02. The Morgan fingerprint density at radius 1 is 1.43 bits per heavy atom. The predicted molar refractivity (Wildman–Crippen MR) is 58.7 cm³/mol. The molecular formula is C12H19NO. The Kier molecular flexibility index (Phi) is 4.44. The Morgan fingerprint density at radius 3 is 2.86 bits per heavy atom. The normalized spacial score (nSPS) is 12.5. The zero-order chi connectivity index (χ0) is 10.4. The van der Waals surface area contributed by atoms with Crippen molar-refractivity contribution in [1.82, 2.24) is 4.98 Å². The minimum Gasteiger partial charge on any atom is -0.478 e. The first kappa shape index (κ1) is 11.0. The molecule has 1 heterocycles. The highest BCUT2D eigenvalue weighted by Gasteiger charge is 2.10. The van der Waals surface area contributed by atoms with Gasteiger partial charge in [0.2, 0.25) is 5.88 Å². The summed E-state index contributed by atoms with van der Waals surface area (Å²) in [7, 11) is 0. The van der Waals surface area contributed by atoms with Crippen molar-refractivity contribution >= 4 is 0 Å². The van der Waals surface area contributed by atoms with Crippen LogP contribution in [0.2, 0.25) is 0 Å². The van der Waals surface area contributed by atoms with Gasteiger partial charge in [-0.25, -0.2) is 4.98 Å². The number of ether oxygens (including phenoxy) is 1. The summed E-state index contributed by atoms with van der Waals surface area (Å²) >= 11 is 0. The Balaban J connectivity index is 2.82. The van der Waals surface area contributed by atoms with E-state index in [0.29, 0.717) is 12.5 Å². The Morgan fingerprint density at radius 2 is 2.21 bits per heavy atom. The second-order valence-electron chi connectivity index (χ2n) is 3.52. The second-order valence-corrected chi connectivity index (χ2v) is 3.52. The van der Waals surface area contributed by atoms with Gasteiger partial charge in [0.25, 0.3) is 0 Å². The lowest BCUT2D eigenvalue weighted by molar-refractivity contribution is 0.320. The summed E-state index contributed by atoms with van der Waals surface area (Å²) in [6, 6.07) is 4.09. The molecule has 1 aromatic heterocycles. The fraction of sp³-hybridized carbons (Fsp3) is 0.583. The van der Waals surface area contributed by atoms with E-state index in [1.54, 1.807) is 6.20 Å². The van der Waals surface area contributed by atoms with Gasteiger partial charge in [-0.1, -0.05) is 26.3 Å². The SMILES string of the molecule is CCCC(C)c1cccnc1OCC. The Labute approximate surface area is 86.3 Å². The average Bonchev–Trinajstić information content (AvgIpc) is 2.19. The highest BCUT2D eigenvalue weighted by atomic mass is 16.5. The first-order chi connectivity index (χ1) is 6.79. The number of hydrogen-bond donors (Lipinski definition) is 0. The van der Waals surface area contributed by atoms with Crippen LogP contribution < -0.4 is 4.74 Å². The summed E-state index contributed by atoms with van der Waals surface area (Å²) in [6.07, 6.45) is 4.17. The van der Waals surface area contributed by atoms with Gasteiger partial charge in [0, 0.05) is 11.8 Å². The van der Waals surface area contributed by atoms with Crippen LogP contribution in [0.5, 0.6) is 5.88 Å². The number of rotatable bonds is 5. The van der Waals surface area contributed by atoms with Crippen molar-refractivity contribution < 1.29 is 4.74 Å². The maximum atomic E-state index is 5.49. The largest absolute Gasteiger partial charge is 0.478 e. The lowest BCUT2D eigenvalue weighted by atomic mass is 9.98. The fourth-order valence-corrected chi connectivity index (χ4v) is 1.62. The van der Waals surface area contributed by atoms with Crippen LogP contribution >= 0.6 is 0 Å². The smallest absolute Gasteiger partial charge is 0.216 e. The minimum atomic E-state index is 0.537. The van der Waals surface area contributed by atoms with Crippen molar-refractivity contribution in [3.8, 4) is 5.88 Å². The molecule has 14 heavy (non-hydrogen) atoms. The molecule has 2 heteroatoms. The zero-order valence-electron chi connectivity index (χ0n) is 9.29. The van der Waals surface area contributed by atoms with Crippen molar-refractivity contribution in [3.05, 3.63) is 23.9 Å².